The largest absolute Gasteiger partial charge is 0.345 e. The van der Waals surface area contributed by atoms with Crippen LogP contribution in [0.1, 0.15) is 31.5 Å². The second-order valence-corrected chi connectivity index (χ2v) is 5.30. The number of aromatic nitrogens is 2. The minimum atomic E-state index is -0.497. The third-order valence-corrected chi connectivity index (χ3v) is 4.07. The van der Waals surface area contributed by atoms with Gasteiger partial charge < -0.3 is 10.7 Å². The maximum absolute atomic E-state index is 11.3. The Morgan fingerprint density at radius 2 is 2.39 bits per heavy atom. The highest BCUT2D eigenvalue weighted by atomic mass is 16.1. The van der Waals surface area contributed by atoms with Crippen LogP contribution in [0.3, 0.4) is 0 Å². The summed E-state index contributed by atoms with van der Waals surface area (Å²) >= 11 is 0. The lowest BCUT2D eigenvalue weighted by atomic mass is 9.64. The molecule has 0 fully saturated rings. The maximum atomic E-state index is 11.3. The second kappa shape index (κ2) is 3.65. The molecule has 0 unspecified atom stereocenters. The number of H-pyrrole nitrogens is 1. The van der Waals surface area contributed by atoms with Crippen molar-refractivity contribution in [1.29, 1.82) is 0 Å². The van der Waals surface area contributed by atoms with Gasteiger partial charge in [-0.3, -0.25) is 0 Å². The lowest BCUT2D eigenvalue weighted by molar-refractivity contribution is 0.407. The van der Waals surface area contributed by atoms with Crippen LogP contribution in [-0.2, 0) is 12.0 Å². The number of hydrogen-bond donors (Lipinski definition) is 2. The van der Waals surface area contributed by atoms with Crippen molar-refractivity contribution in [1.82, 2.24) is 9.97 Å². The van der Waals surface area contributed by atoms with Crippen LogP contribution in [0, 0.1) is 5.92 Å². The molecule has 2 aliphatic carbocycles. The summed E-state index contributed by atoms with van der Waals surface area (Å²) in [4.78, 5) is 18.0. The van der Waals surface area contributed by atoms with E-state index in [4.69, 9.17) is 5.73 Å². The molecule has 0 aromatic carbocycles. The average Bonchev–Trinajstić information content (AvgIpc) is 2.26. The zero-order valence-corrected chi connectivity index (χ0v) is 10.7. The van der Waals surface area contributed by atoms with E-state index in [1.54, 1.807) is 6.20 Å². The number of nitrogens with one attached hydrogen (secondary N) is 1. The van der Waals surface area contributed by atoms with Crippen molar-refractivity contribution < 1.29 is 0 Å². The van der Waals surface area contributed by atoms with Gasteiger partial charge in [0.25, 0.3) is 0 Å². The zero-order chi connectivity index (χ0) is 12.9. The first-order chi connectivity index (χ1) is 8.54. The first-order valence-corrected chi connectivity index (χ1v) is 6.26. The Morgan fingerprint density at radius 3 is 3.11 bits per heavy atom. The number of allylic oxidation sites excluding steroid dienone is 2. The fourth-order valence-corrected chi connectivity index (χ4v) is 3.45. The number of fused-ring (bicyclic) bond motifs is 4. The molecule has 2 aliphatic rings. The van der Waals surface area contributed by atoms with Gasteiger partial charge in [-0.25, -0.2) is 9.78 Å². The first kappa shape index (κ1) is 11.4. The predicted molar refractivity (Wildman–Crippen MR) is 70.0 cm³/mol. The Balaban J connectivity index is 2.28. The summed E-state index contributed by atoms with van der Waals surface area (Å²) in [6.45, 7) is 4.15. The van der Waals surface area contributed by atoms with E-state index in [0.717, 1.165) is 24.1 Å². The Labute approximate surface area is 106 Å². The quantitative estimate of drug-likeness (QED) is 0.676. The first-order valence-electron chi connectivity index (χ1n) is 6.26. The second-order valence-electron chi connectivity index (χ2n) is 5.30. The monoisotopic (exact) mass is 243 g/mol. The van der Waals surface area contributed by atoms with Crippen LogP contribution in [-0.4, -0.2) is 9.97 Å². The van der Waals surface area contributed by atoms with Crippen LogP contribution in [0.4, 0.5) is 0 Å². The van der Waals surface area contributed by atoms with Gasteiger partial charge in [0.2, 0.25) is 0 Å². The average molecular weight is 243 g/mol. The topological polar surface area (TPSA) is 71.8 Å². The molecule has 0 aliphatic heterocycles. The highest BCUT2D eigenvalue weighted by molar-refractivity contribution is 5.47. The highest BCUT2D eigenvalue weighted by Gasteiger charge is 2.44. The van der Waals surface area contributed by atoms with Crippen molar-refractivity contribution in [3.63, 3.8) is 0 Å². The van der Waals surface area contributed by atoms with Crippen molar-refractivity contribution in [3.05, 3.63) is 51.2 Å². The van der Waals surface area contributed by atoms with E-state index >= 15 is 0 Å². The van der Waals surface area contributed by atoms with E-state index in [2.05, 4.69) is 29.0 Å². The molecule has 1 aromatic rings. The van der Waals surface area contributed by atoms with Crippen LogP contribution in [0.5, 0.6) is 0 Å². The zero-order valence-electron chi connectivity index (χ0n) is 10.7. The van der Waals surface area contributed by atoms with E-state index < -0.39 is 5.54 Å². The van der Waals surface area contributed by atoms with E-state index in [0.29, 0.717) is 5.92 Å². The number of hydrogen-bond acceptors (Lipinski definition) is 3. The fourth-order valence-electron chi connectivity index (χ4n) is 3.45. The van der Waals surface area contributed by atoms with Gasteiger partial charge in [-0.2, -0.15) is 0 Å². The summed E-state index contributed by atoms with van der Waals surface area (Å²) in [6, 6.07) is 0. The molecule has 2 bridgehead atoms. The van der Waals surface area contributed by atoms with Crippen molar-refractivity contribution >= 4 is 0 Å². The van der Waals surface area contributed by atoms with Crippen LogP contribution in [0.25, 0.3) is 0 Å². The Hall–Kier alpha value is -1.68. The number of nitrogens with zero attached hydrogens (tertiary/aromatic N) is 1. The molecule has 1 aromatic heterocycles. The van der Waals surface area contributed by atoms with Gasteiger partial charge in [0.15, 0.2) is 0 Å². The van der Waals surface area contributed by atoms with E-state index in [9.17, 15) is 4.79 Å². The van der Waals surface area contributed by atoms with E-state index in [-0.39, 0.29) is 5.69 Å². The van der Waals surface area contributed by atoms with Gasteiger partial charge in [0.05, 0.1) is 5.54 Å². The molecule has 4 heteroatoms. The molecular weight excluding hydrogens is 226 g/mol. The third-order valence-electron chi connectivity index (χ3n) is 4.07. The number of aromatic amines is 1. The van der Waals surface area contributed by atoms with Crippen molar-refractivity contribution in [2.24, 2.45) is 11.7 Å². The summed E-state index contributed by atoms with van der Waals surface area (Å²) in [5.41, 5.74) is 10.3. The standard InChI is InChI=1S/C14H17N3O/c1-3-10-9-4-8(2)6-14(10,15)11-7-16-13(18)17-12(11)5-9/h3-4,7,9H,5-6,15H2,1-2H3,(H,16,17,18)/b10-3+/t9-,14+/m1/s1. The minimum absolute atomic E-state index is 0.292. The van der Waals surface area contributed by atoms with Gasteiger partial charge in [-0.05, 0) is 32.3 Å². The SMILES string of the molecule is C/C=C1\[C@@H]2C=C(C)C[C@@]1(N)c1cnc(=O)[nH]c1C2. The third kappa shape index (κ3) is 1.42. The molecule has 0 saturated carbocycles. The normalized spacial score (nSPS) is 32.1. The molecule has 18 heavy (non-hydrogen) atoms. The lowest BCUT2D eigenvalue weighted by Gasteiger charge is -2.44. The van der Waals surface area contributed by atoms with Gasteiger partial charge in [0, 0.05) is 23.4 Å². The molecule has 0 spiro atoms. The van der Waals surface area contributed by atoms with Crippen LogP contribution < -0.4 is 11.4 Å². The fraction of sp³-hybridized carbons (Fsp3) is 0.429. The van der Waals surface area contributed by atoms with Crippen molar-refractivity contribution in [2.75, 3.05) is 0 Å². The molecular formula is C14H17N3O. The Kier molecular flexibility index (Phi) is 2.32. The maximum Gasteiger partial charge on any atom is 0.345 e. The van der Waals surface area contributed by atoms with Gasteiger partial charge in [-0.15, -0.1) is 0 Å². The molecule has 3 rings (SSSR count). The molecule has 0 amide bonds. The molecule has 2 atom stereocenters. The van der Waals surface area contributed by atoms with E-state index in [1.165, 1.54) is 11.1 Å². The molecule has 4 nitrogen and oxygen atoms in total. The molecule has 1 heterocycles. The van der Waals surface area contributed by atoms with Crippen LogP contribution >= 0.6 is 0 Å². The summed E-state index contributed by atoms with van der Waals surface area (Å²) < 4.78 is 0. The lowest BCUT2D eigenvalue weighted by Crippen LogP contribution is -2.48. The molecule has 3 N–H and O–H groups in total. The smallest absolute Gasteiger partial charge is 0.318 e. The van der Waals surface area contributed by atoms with Crippen molar-refractivity contribution in [2.45, 2.75) is 32.2 Å². The number of rotatable bonds is 0. The number of nitrogens with two attached hydrogens (primary N) is 1. The van der Waals surface area contributed by atoms with Crippen molar-refractivity contribution in [3.8, 4) is 0 Å². The summed E-state index contributed by atoms with van der Waals surface area (Å²) in [5.74, 6) is 0.305. The molecule has 94 valence electrons. The predicted octanol–water partition coefficient (Wildman–Crippen LogP) is 1.39. The van der Waals surface area contributed by atoms with E-state index in [1.807, 2.05) is 6.92 Å². The minimum Gasteiger partial charge on any atom is -0.318 e. The van der Waals surface area contributed by atoms with Gasteiger partial charge >= 0.3 is 5.69 Å². The molecule has 0 radical (unpaired) electrons. The summed E-state index contributed by atoms with van der Waals surface area (Å²) in [7, 11) is 0. The van der Waals surface area contributed by atoms with Gasteiger partial charge in [0.1, 0.15) is 0 Å². The molecule has 0 saturated heterocycles. The Morgan fingerprint density at radius 1 is 1.61 bits per heavy atom. The highest BCUT2D eigenvalue weighted by Crippen LogP contribution is 2.47. The van der Waals surface area contributed by atoms with Gasteiger partial charge in [-0.1, -0.05) is 17.7 Å². The van der Waals surface area contributed by atoms with Crippen LogP contribution in [0.15, 0.2) is 34.3 Å². The summed E-state index contributed by atoms with van der Waals surface area (Å²) in [5, 5.41) is 0. The van der Waals surface area contributed by atoms with Crippen LogP contribution in [0.2, 0.25) is 0 Å². The summed E-state index contributed by atoms with van der Waals surface area (Å²) in [6.07, 6.45) is 7.63. The Bertz CT molecular complexity index is 626.